The van der Waals surface area contributed by atoms with Crippen LogP contribution in [0, 0.1) is 0 Å². The average Bonchev–Trinajstić information content (AvgIpc) is 2.48. The van der Waals surface area contributed by atoms with E-state index >= 15 is 0 Å². The van der Waals surface area contributed by atoms with Crippen molar-refractivity contribution in [1.82, 2.24) is 0 Å². The Hall–Kier alpha value is -0.570. The molecular weight excluding hydrogens is 120 g/mol. The molecule has 0 amide bonds. The van der Waals surface area contributed by atoms with Crippen LogP contribution in [0.15, 0.2) is 0 Å². The van der Waals surface area contributed by atoms with Crippen LogP contribution < -0.4 is 0 Å². The lowest BCUT2D eigenvalue weighted by atomic mass is 10.2. The summed E-state index contributed by atoms with van der Waals surface area (Å²) in [6.45, 7) is 0.833. The molecule has 0 aromatic carbocycles. The predicted octanol–water partition coefficient (Wildman–Crippen LogP) is 0.640. The van der Waals surface area contributed by atoms with Gasteiger partial charge in [-0.1, -0.05) is 0 Å². The van der Waals surface area contributed by atoms with E-state index in [1.54, 1.807) is 0 Å². The lowest BCUT2D eigenvalue weighted by molar-refractivity contribution is -0.137. The maximum Gasteiger partial charge on any atom is 0.303 e. The van der Waals surface area contributed by atoms with E-state index in [-0.39, 0.29) is 6.42 Å². The van der Waals surface area contributed by atoms with Crippen molar-refractivity contribution < 1.29 is 14.6 Å². The Labute approximate surface area is 53.6 Å². The number of hydrogen-bond acceptors (Lipinski definition) is 2. The zero-order chi connectivity index (χ0) is 6.69. The summed E-state index contributed by atoms with van der Waals surface area (Å²) in [4.78, 5) is 9.96. The number of carboxylic acids is 1. The summed E-state index contributed by atoms with van der Waals surface area (Å²) in [6.07, 6.45) is 2.32. The molecule has 9 heavy (non-hydrogen) atoms. The molecule has 3 heteroatoms. The number of carbonyl (C=O) groups is 1. The minimum atomic E-state index is -0.712. The largest absolute Gasteiger partial charge is 0.481 e. The Balaban J connectivity index is 1.86. The molecule has 52 valence electrons. The number of ether oxygens (including phenoxy) is 1. The van der Waals surface area contributed by atoms with E-state index < -0.39 is 5.97 Å². The minimum absolute atomic E-state index is 0.278. The van der Waals surface area contributed by atoms with Gasteiger partial charge in [-0.15, -0.1) is 0 Å². The van der Waals surface area contributed by atoms with Gasteiger partial charge < -0.3 is 9.84 Å². The lowest BCUT2D eigenvalue weighted by Gasteiger charge is -1.89. The van der Waals surface area contributed by atoms with Crippen molar-refractivity contribution in [3.63, 3.8) is 0 Å². The molecule has 1 N–H and O–H groups in total. The number of hydrogen-bond donors (Lipinski definition) is 1. The van der Waals surface area contributed by atoms with Crippen molar-refractivity contribution in [2.75, 3.05) is 6.61 Å². The van der Waals surface area contributed by atoms with Crippen molar-refractivity contribution in [3.05, 3.63) is 0 Å². The highest BCUT2D eigenvalue weighted by atomic mass is 16.6. The van der Waals surface area contributed by atoms with Crippen molar-refractivity contribution in [2.24, 2.45) is 0 Å². The number of carboxylic acid groups (broad SMARTS) is 1. The summed E-state index contributed by atoms with van der Waals surface area (Å²) in [5.74, 6) is -0.712. The van der Waals surface area contributed by atoms with Crippen molar-refractivity contribution >= 4 is 5.97 Å². The summed E-state index contributed by atoms with van der Waals surface area (Å²) in [5.41, 5.74) is 0. The Morgan fingerprint density at radius 3 is 2.89 bits per heavy atom. The van der Waals surface area contributed by atoms with Gasteiger partial charge in [0.1, 0.15) is 0 Å². The Kier molecular flexibility index (Phi) is 2.05. The van der Waals surface area contributed by atoms with Gasteiger partial charge in [0.2, 0.25) is 0 Å². The van der Waals surface area contributed by atoms with E-state index in [0.29, 0.717) is 6.10 Å². The first-order chi connectivity index (χ1) is 4.29. The predicted molar refractivity (Wildman–Crippen MR) is 31.2 cm³/mol. The van der Waals surface area contributed by atoms with Crippen molar-refractivity contribution in [3.8, 4) is 0 Å². The summed E-state index contributed by atoms with van der Waals surface area (Å²) >= 11 is 0. The van der Waals surface area contributed by atoms with Crippen LogP contribution >= 0.6 is 0 Å². The van der Waals surface area contributed by atoms with E-state index in [9.17, 15) is 4.79 Å². The minimum Gasteiger partial charge on any atom is -0.481 e. The third kappa shape index (κ3) is 3.08. The zero-order valence-electron chi connectivity index (χ0n) is 5.17. The maximum absolute atomic E-state index is 9.96. The number of rotatable bonds is 4. The highest BCUT2D eigenvalue weighted by Crippen LogP contribution is 2.15. The van der Waals surface area contributed by atoms with Crippen LogP contribution in [0.3, 0.4) is 0 Å². The highest BCUT2D eigenvalue weighted by Gasteiger charge is 2.21. The van der Waals surface area contributed by atoms with Gasteiger partial charge in [0, 0.05) is 6.42 Å². The highest BCUT2D eigenvalue weighted by molar-refractivity contribution is 5.66. The fraction of sp³-hybridized carbons (Fsp3) is 0.833. The van der Waals surface area contributed by atoms with Gasteiger partial charge >= 0.3 is 5.97 Å². The summed E-state index contributed by atoms with van der Waals surface area (Å²) < 4.78 is 4.90. The quantitative estimate of drug-likeness (QED) is 0.568. The van der Waals surface area contributed by atoms with Gasteiger partial charge in [-0.3, -0.25) is 4.79 Å². The van der Waals surface area contributed by atoms with Crippen LogP contribution in [-0.2, 0) is 9.53 Å². The number of epoxide rings is 1. The molecule has 1 fully saturated rings. The molecule has 0 aromatic rings. The molecule has 0 unspecified atom stereocenters. The van der Waals surface area contributed by atoms with Gasteiger partial charge in [0.05, 0.1) is 12.7 Å². The van der Waals surface area contributed by atoms with Crippen LogP contribution in [0.1, 0.15) is 19.3 Å². The molecule has 0 aromatic heterocycles. The van der Waals surface area contributed by atoms with Crippen molar-refractivity contribution in [2.45, 2.75) is 25.4 Å². The third-order valence-electron chi connectivity index (χ3n) is 1.32. The second-order valence-corrected chi connectivity index (χ2v) is 2.24. The van der Waals surface area contributed by atoms with Gasteiger partial charge in [-0.05, 0) is 12.8 Å². The normalized spacial score (nSPS) is 23.8. The second kappa shape index (κ2) is 2.82. The molecule has 0 spiro atoms. The fourth-order valence-electron chi connectivity index (χ4n) is 0.716. The van der Waals surface area contributed by atoms with Gasteiger partial charge in [-0.2, -0.15) is 0 Å². The smallest absolute Gasteiger partial charge is 0.303 e. The maximum atomic E-state index is 9.96. The topological polar surface area (TPSA) is 49.8 Å². The molecular formula is C6H10O3. The average molecular weight is 130 g/mol. The first kappa shape index (κ1) is 6.55. The summed E-state index contributed by atoms with van der Waals surface area (Å²) in [7, 11) is 0. The Morgan fingerprint density at radius 1 is 1.78 bits per heavy atom. The molecule has 0 saturated carbocycles. The van der Waals surface area contributed by atoms with Gasteiger partial charge in [0.15, 0.2) is 0 Å². The monoisotopic (exact) mass is 130 g/mol. The lowest BCUT2D eigenvalue weighted by Crippen LogP contribution is -1.95. The molecule has 0 aliphatic carbocycles. The first-order valence-electron chi connectivity index (χ1n) is 3.12. The molecule has 1 saturated heterocycles. The first-order valence-corrected chi connectivity index (χ1v) is 3.12. The van der Waals surface area contributed by atoms with Crippen LogP contribution in [0.2, 0.25) is 0 Å². The molecule has 3 nitrogen and oxygen atoms in total. The molecule has 1 heterocycles. The van der Waals surface area contributed by atoms with E-state index in [2.05, 4.69) is 0 Å². The fourth-order valence-corrected chi connectivity index (χ4v) is 0.716. The van der Waals surface area contributed by atoms with Gasteiger partial charge in [0.25, 0.3) is 0 Å². The van der Waals surface area contributed by atoms with E-state index in [0.717, 1.165) is 19.4 Å². The molecule has 1 rings (SSSR count). The molecule has 1 aliphatic heterocycles. The van der Waals surface area contributed by atoms with Gasteiger partial charge in [-0.25, -0.2) is 0 Å². The van der Waals surface area contributed by atoms with E-state index in [1.807, 2.05) is 0 Å². The Bertz CT molecular complexity index is 107. The number of aliphatic carboxylic acids is 1. The van der Waals surface area contributed by atoms with E-state index in [4.69, 9.17) is 9.84 Å². The van der Waals surface area contributed by atoms with Crippen LogP contribution in [-0.4, -0.2) is 23.8 Å². The van der Waals surface area contributed by atoms with Crippen LogP contribution in [0.4, 0.5) is 0 Å². The van der Waals surface area contributed by atoms with Crippen molar-refractivity contribution in [1.29, 1.82) is 0 Å². The SMILES string of the molecule is O=C(O)CCC[C@@H]1CO1. The van der Waals surface area contributed by atoms with Crippen LogP contribution in [0.25, 0.3) is 0 Å². The molecule has 1 aliphatic rings. The molecule has 0 radical (unpaired) electrons. The van der Waals surface area contributed by atoms with Crippen LogP contribution in [0.5, 0.6) is 0 Å². The summed E-state index contributed by atoms with van der Waals surface area (Å²) in [5, 5.41) is 8.21. The third-order valence-corrected chi connectivity index (χ3v) is 1.32. The molecule has 1 atom stereocenters. The molecule has 0 bridgehead atoms. The Morgan fingerprint density at radius 2 is 2.44 bits per heavy atom. The zero-order valence-corrected chi connectivity index (χ0v) is 5.17. The standard InChI is InChI=1S/C6H10O3/c7-6(8)3-1-2-5-4-9-5/h5H,1-4H2,(H,7,8)/t5-/m1/s1. The second-order valence-electron chi connectivity index (χ2n) is 2.24. The summed E-state index contributed by atoms with van der Waals surface area (Å²) in [6, 6.07) is 0. The van der Waals surface area contributed by atoms with E-state index in [1.165, 1.54) is 0 Å².